The van der Waals surface area contributed by atoms with Crippen LogP contribution < -0.4 is 10.6 Å². The molecule has 0 saturated heterocycles. The van der Waals surface area contributed by atoms with E-state index in [2.05, 4.69) is 10.6 Å². The number of carbonyl (C=O) groups is 1. The fourth-order valence-electron chi connectivity index (χ4n) is 2.21. The molecule has 1 fully saturated rings. The number of amides is 2. The van der Waals surface area contributed by atoms with Crippen molar-refractivity contribution in [2.75, 3.05) is 11.9 Å². The Kier molecular flexibility index (Phi) is 4.72. The molecule has 0 aromatic heterocycles. The third kappa shape index (κ3) is 3.79. The quantitative estimate of drug-likeness (QED) is 0.854. The first-order chi connectivity index (χ1) is 8.65. The van der Waals surface area contributed by atoms with Gasteiger partial charge in [0, 0.05) is 11.6 Å². The Balaban J connectivity index is 1.82. The minimum Gasteiger partial charge on any atom is -0.338 e. The highest BCUT2D eigenvalue weighted by Gasteiger charge is 2.15. The first kappa shape index (κ1) is 13.5. The monoisotopic (exact) mass is 286 g/mol. The van der Waals surface area contributed by atoms with Crippen LogP contribution in [0.5, 0.6) is 0 Å². The molecule has 2 rings (SSSR count). The number of nitrogens with one attached hydrogen (secondary N) is 2. The van der Waals surface area contributed by atoms with E-state index >= 15 is 0 Å². The first-order valence-corrected chi connectivity index (χ1v) is 6.90. The summed E-state index contributed by atoms with van der Waals surface area (Å²) < 4.78 is 0. The molecule has 98 valence electrons. The minimum absolute atomic E-state index is 0.217. The highest BCUT2D eigenvalue weighted by Crippen LogP contribution is 2.26. The van der Waals surface area contributed by atoms with E-state index in [0.717, 1.165) is 6.54 Å². The van der Waals surface area contributed by atoms with Crippen molar-refractivity contribution in [2.24, 2.45) is 5.92 Å². The molecule has 1 aromatic carbocycles. The second kappa shape index (κ2) is 6.30. The van der Waals surface area contributed by atoms with Crippen LogP contribution in [0.25, 0.3) is 0 Å². The lowest BCUT2D eigenvalue weighted by Gasteiger charge is -2.12. The number of carbonyl (C=O) groups excluding carboxylic acids is 1. The molecule has 0 atom stereocenters. The third-order valence-electron chi connectivity index (χ3n) is 3.21. The molecule has 0 radical (unpaired) electrons. The van der Waals surface area contributed by atoms with Gasteiger partial charge in [-0.25, -0.2) is 4.79 Å². The van der Waals surface area contributed by atoms with E-state index in [-0.39, 0.29) is 6.03 Å². The average molecular weight is 287 g/mol. The number of urea groups is 1. The van der Waals surface area contributed by atoms with Crippen LogP contribution >= 0.6 is 23.2 Å². The van der Waals surface area contributed by atoms with Crippen LogP contribution in [0.15, 0.2) is 18.2 Å². The van der Waals surface area contributed by atoms with Crippen molar-refractivity contribution in [1.29, 1.82) is 0 Å². The molecule has 1 aliphatic carbocycles. The third-order valence-corrected chi connectivity index (χ3v) is 3.75. The van der Waals surface area contributed by atoms with E-state index in [1.54, 1.807) is 18.2 Å². The number of hydrogen-bond acceptors (Lipinski definition) is 1. The smallest absolute Gasteiger partial charge is 0.319 e. The van der Waals surface area contributed by atoms with Crippen LogP contribution in [0.2, 0.25) is 10.0 Å². The van der Waals surface area contributed by atoms with Gasteiger partial charge in [0.05, 0.1) is 10.7 Å². The van der Waals surface area contributed by atoms with Gasteiger partial charge < -0.3 is 10.6 Å². The highest BCUT2D eigenvalue weighted by atomic mass is 35.5. The number of benzene rings is 1. The van der Waals surface area contributed by atoms with Crippen molar-refractivity contribution in [2.45, 2.75) is 25.7 Å². The molecule has 2 N–H and O–H groups in total. The molecule has 1 aliphatic rings. The van der Waals surface area contributed by atoms with Gasteiger partial charge in [0.1, 0.15) is 0 Å². The number of anilines is 1. The zero-order chi connectivity index (χ0) is 13.0. The maximum absolute atomic E-state index is 11.7. The van der Waals surface area contributed by atoms with Gasteiger partial charge in [-0.05, 0) is 37.0 Å². The normalized spacial score (nSPS) is 15.7. The summed E-state index contributed by atoms with van der Waals surface area (Å²) in [6, 6.07) is 4.78. The Labute approximate surface area is 117 Å². The van der Waals surface area contributed by atoms with E-state index < -0.39 is 0 Å². The van der Waals surface area contributed by atoms with Gasteiger partial charge in [-0.15, -0.1) is 0 Å². The number of halogens is 2. The lowest BCUT2D eigenvalue weighted by Crippen LogP contribution is -2.32. The molecule has 1 aromatic rings. The van der Waals surface area contributed by atoms with Gasteiger partial charge in [-0.2, -0.15) is 0 Å². The Morgan fingerprint density at radius 3 is 2.67 bits per heavy atom. The lowest BCUT2D eigenvalue weighted by atomic mass is 10.1. The van der Waals surface area contributed by atoms with E-state index in [1.165, 1.54) is 25.7 Å². The minimum atomic E-state index is -0.217. The van der Waals surface area contributed by atoms with Gasteiger partial charge >= 0.3 is 6.03 Å². The molecule has 5 heteroatoms. The van der Waals surface area contributed by atoms with E-state index in [1.807, 2.05) is 0 Å². The topological polar surface area (TPSA) is 41.1 Å². The zero-order valence-corrected chi connectivity index (χ0v) is 11.5. The van der Waals surface area contributed by atoms with Gasteiger partial charge in [-0.3, -0.25) is 0 Å². The fraction of sp³-hybridized carbons (Fsp3) is 0.462. The van der Waals surface area contributed by atoms with Crippen LogP contribution in [0.1, 0.15) is 25.7 Å². The van der Waals surface area contributed by atoms with Crippen molar-refractivity contribution in [3.63, 3.8) is 0 Å². The van der Waals surface area contributed by atoms with Gasteiger partial charge in [-0.1, -0.05) is 36.0 Å². The summed E-state index contributed by atoms with van der Waals surface area (Å²) in [5.41, 5.74) is 0.574. The Morgan fingerprint density at radius 2 is 2.00 bits per heavy atom. The summed E-state index contributed by atoms with van der Waals surface area (Å²) in [4.78, 5) is 11.7. The van der Waals surface area contributed by atoms with Crippen LogP contribution in [-0.2, 0) is 0 Å². The lowest BCUT2D eigenvalue weighted by molar-refractivity contribution is 0.250. The predicted molar refractivity (Wildman–Crippen MR) is 75.4 cm³/mol. The Bertz CT molecular complexity index is 431. The van der Waals surface area contributed by atoms with Crippen LogP contribution in [-0.4, -0.2) is 12.6 Å². The Morgan fingerprint density at radius 1 is 1.28 bits per heavy atom. The molecule has 0 bridgehead atoms. The van der Waals surface area contributed by atoms with Gasteiger partial charge in [0.15, 0.2) is 0 Å². The molecule has 0 spiro atoms. The summed E-state index contributed by atoms with van der Waals surface area (Å²) in [5, 5.41) is 6.59. The SMILES string of the molecule is O=C(NCC1CCCC1)Nc1ccc(Cl)cc1Cl. The number of rotatable bonds is 3. The average Bonchev–Trinajstić information content (AvgIpc) is 2.83. The van der Waals surface area contributed by atoms with Gasteiger partial charge in [0.25, 0.3) is 0 Å². The van der Waals surface area contributed by atoms with Crippen LogP contribution in [0.4, 0.5) is 10.5 Å². The summed E-state index contributed by atoms with van der Waals surface area (Å²) >= 11 is 11.8. The second-order valence-corrected chi connectivity index (χ2v) is 5.45. The largest absolute Gasteiger partial charge is 0.338 e. The summed E-state index contributed by atoms with van der Waals surface area (Å²) in [5.74, 6) is 0.622. The Hall–Kier alpha value is -0.930. The summed E-state index contributed by atoms with van der Waals surface area (Å²) in [6.45, 7) is 0.733. The van der Waals surface area contributed by atoms with Crippen molar-refractivity contribution in [3.8, 4) is 0 Å². The summed E-state index contributed by atoms with van der Waals surface area (Å²) in [6.07, 6.45) is 4.97. The highest BCUT2D eigenvalue weighted by molar-refractivity contribution is 6.36. The van der Waals surface area contributed by atoms with Crippen LogP contribution in [0.3, 0.4) is 0 Å². The zero-order valence-electron chi connectivity index (χ0n) is 10.0. The molecule has 0 aliphatic heterocycles. The molecular formula is C13H16Cl2N2O. The van der Waals surface area contributed by atoms with Gasteiger partial charge in [0.2, 0.25) is 0 Å². The van der Waals surface area contributed by atoms with Crippen molar-refractivity contribution in [1.82, 2.24) is 5.32 Å². The molecule has 3 nitrogen and oxygen atoms in total. The standard InChI is InChI=1S/C13H16Cl2N2O/c14-10-5-6-12(11(15)7-10)17-13(18)16-8-9-3-1-2-4-9/h5-7,9H,1-4,8H2,(H2,16,17,18). The van der Waals surface area contributed by atoms with Crippen LogP contribution in [0, 0.1) is 5.92 Å². The van der Waals surface area contributed by atoms with E-state index in [0.29, 0.717) is 21.7 Å². The molecule has 0 heterocycles. The molecule has 1 saturated carbocycles. The maximum atomic E-state index is 11.7. The van der Waals surface area contributed by atoms with Crippen molar-refractivity contribution >= 4 is 34.9 Å². The second-order valence-electron chi connectivity index (χ2n) is 4.61. The molecule has 18 heavy (non-hydrogen) atoms. The van der Waals surface area contributed by atoms with E-state index in [9.17, 15) is 4.79 Å². The fourth-order valence-corrected chi connectivity index (χ4v) is 2.66. The first-order valence-electron chi connectivity index (χ1n) is 6.15. The maximum Gasteiger partial charge on any atom is 0.319 e. The summed E-state index contributed by atoms with van der Waals surface area (Å²) in [7, 11) is 0. The van der Waals surface area contributed by atoms with E-state index in [4.69, 9.17) is 23.2 Å². The van der Waals surface area contributed by atoms with Crippen molar-refractivity contribution in [3.05, 3.63) is 28.2 Å². The molecule has 2 amide bonds. The number of hydrogen-bond donors (Lipinski definition) is 2. The predicted octanol–water partition coefficient (Wildman–Crippen LogP) is 4.31. The molecular weight excluding hydrogens is 271 g/mol. The molecule has 0 unspecified atom stereocenters. The van der Waals surface area contributed by atoms with Crippen molar-refractivity contribution < 1.29 is 4.79 Å².